The maximum Gasteiger partial charge on any atom is 0.337 e. The van der Waals surface area contributed by atoms with Crippen molar-refractivity contribution in [2.75, 3.05) is 30.1 Å². The molecule has 28 heavy (non-hydrogen) atoms. The number of benzene rings is 2. The van der Waals surface area contributed by atoms with E-state index in [-0.39, 0.29) is 0 Å². The van der Waals surface area contributed by atoms with E-state index >= 15 is 0 Å². The molecular weight excluding hydrogens is 384 g/mol. The van der Waals surface area contributed by atoms with Gasteiger partial charge in [0.05, 0.1) is 31.7 Å². The Morgan fingerprint density at radius 3 is 2.25 bits per heavy atom. The van der Waals surface area contributed by atoms with Crippen LogP contribution in [0.5, 0.6) is 5.75 Å². The summed E-state index contributed by atoms with van der Waals surface area (Å²) in [6.45, 7) is 1.48. The Bertz CT molecular complexity index is 957. The highest BCUT2D eigenvalue weighted by molar-refractivity contribution is 7.92. The van der Waals surface area contributed by atoms with Crippen molar-refractivity contribution in [2.24, 2.45) is 0 Å². The first-order valence-corrected chi connectivity index (χ1v) is 10.1. The number of carbonyl (C=O) groups is 2. The van der Waals surface area contributed by atoms with Gasteiger partial charge in [-0.05, 0) is 43.3 Å². The maximum atomic E-state index is 12.7. The lowest BCUT2D eigenvalue weighted by atomic mass is 10.2. The van der Waals surface area contributed by atoms with Crippen LogP contribution in [0.25, 0.3) is 0 Å². The zero-order valence-corrected chi connectivity index (χ0v) is 16.8. The van der Waals surface area contributed by atoms with Crippen molar-refractivity contribution in [2.45, 2.75) is 13.0 Å². The molecule has 0 bridgehead atoms. The minimum atomic E-state index is -3.75. The number of ether oxygens (including phenoxy) is 2. The van der Waals surface area contributed by atoms with Gasteiger partial charge in [-0.3, -0.25) is 9.10 Å². The second-order valence-corrected chi connectivity index (χ2v) is 7.85. The molecule has 0 aliphatic heterocycles. The van der Waals surface area contributed by atoms with Crippen LogP contribution in [0.3, 0.4) is 0 Å². The third-order valence-electron chi connectivity index (χ3n) is 3.97. The van der Waals surface area contributed by atoms with Gasteiger partial charge in [-0.25, -0.2) is 13.2 Å². The summed E-state index contributed by atoms with van der Waals surface area (Å²) in [6, 6.07) is 11.5. The second kappa shape index (κ2) is 8.75. The van der Waals surface area contributed by atoms with Gasteiger partial charge in [-0.2, -0.15) is 0 Å². The van der Waals surface area contributed by atoms with E-state index < -0.39 is 27.9 Å². The molecule has 0 radical (unpaired) electrons. The van der Waals surface area contributed by atoms with Crippen molar-refractivity contribution in [1.29, 1.82) is 0 Å². The highest BCUT2D eigenvalue weighted by Gasteiger charge is 2.29. The SMILES string of the molecule is COC(=O)c1ccc(NC(=O)C(C)N(c2cccc(OC)c2)S(C)(=O)=O)cc1. The van der Waals surface area contributed by atoms with Crippen LogP contribution in [0, 0.1) is 0 Å². The van der Waals surface area contributed by atoms with Gasteiger partial charge in [0.15, 0.2) is 0 Å². The normalized spacial score (nSPS) is 12.0. The lowest BCUT2D eigenvalue weighted by Gasteiger charge is -2.28. The minimum absolute atomic E-state index is 0.311. The molecule has 1 atom stereocenters. The fourth-order valence-corrected chi connectivity index (χ4v) is 3.78. The molecule has 2 aromatic rings. The summed E-state index contributed by atoms with van der Waals surface area (Å²) in [4.78, 5) is 24.1. The molecular formula is C19H22N2O6S. The number of nitrogens with one attached hydrogen (secondary N) is 1. The quantitative estimate of drug-likeness (QED) is 0.708. The summed E-state index contributed by atoms with van der Waals surface area (Å²) in [5.74, 6) is -0.552. The number of anilines is 2. The van der Waals surface area contributed by atoms with Crippen molar-refractivity contribution in [3.05, 3.63) is 54.1 Å². The summed E-state index contributed by atoms with van der Waals surface area (Å²) in [5, 5.41) is 2.65. The number of esters is 1. The molecule has 1 amide bonds. The number of amides is 1. The van der Waals surface area contributed by atoms with Crippen molar-refractivity contribution in [3.63, 3.8) is 0 Å². The van der Waals surface area contributed by atoms with Gasteiger partial charge >= 0.3 is 5.97 Å². The van der Waals surface area contributed by atoms with E-state index in [9.17, 15) is 18.0 Å². The van der Waals surface area contributed by atoms with Crippen LogP contribution in [0.15, 0.2) is 48.5 Å². The third kappa shape index (κ3) is 5.01. The van der Waals surface area contributed by atoms with Gasteiger partial charge in [0.25, 0.3) is 0 Å². The highest BCUT2D eigenvalue weighted by Crippen LogP contribution is 2.25. The molecule has 8 nitrogen and oxygen atoms in total. The lowest BCUT2D eigenvalue weighted by Crippen LogP contribution is -2.45. The molecule has 2 rings (SSSR count). The van der Waals surface area contributed by atoms with E-state index in [1.807, 2.05) is 0 Å². The van der Waals surface area contributed by atoms with Gasteiger partial charge in [-0.15, -0.1) is 0 Å². The third-order valence-corrected chi connectivity index (χ3v) is 5.21. The number of hydrogen-bond donors (Lipinski definition) is 1. The molecule has 0 aromatic heterocycles. The van der Waals surface area contributed by atoms with Gasteiger partial charge in [-0.1, -0.05) is 6.07 Å². The Morgan fingerprint density at radius 2 is 1.71 bits per heavy atom. The molecule has 150 valence electrons. The van der Waals surface area contributed by atoms with Crippen molar-refractivity contribution in [3.8, 4) is 5.75 Å². The van der Waals surface area contributed by atoms with Crippen LogP contribution in [0.1, 0.15) is 17.3 Å². The predicted octanol–water partition coefficient (Wildman–Crippen LogP) is 2.28. The van der Waals surface area contributed by atoms with Crippen molar-refractivity contribution >= 4 is 33.3 Å². The molecule has 0 saturated carbocycles. The van der Waals surface area contributed by atoms with E-state index in [1.54, 1.807) is 18.2 Å². The molecule has 0 heterocycles. The first kappa shape index (κ1) is 21.2. The fraction of sp³-hybridized carbons (Fsp3) is 0.263. The summed E-state index contributed by atoms with van der Waals surface area (Å²) in [6.07, 6.45) is 1.03. The molecule has 1 unspecified atom stereocenters. The largest absolute Gasteiger partial charge is 0.497 e. The lowest BCUT2D eigenvalue weighted by molar-refractivity contribution is -0.116. The zero-order chi connectivity index (χ0) is 20.9. The number of methoxy groups -OCH3 is 2. The van der Waals surface area contributed by atoms with E-state index in [1.165, 1.54) is 51.5 Å². The Kier molecular flexibility index (Phi) is 6.63. The number of rotatable bonds is 7. The Hall–Kier alpha value is -3.07. The smallest absolute Gasteiger partial charge is 0.337 e. The molecule has 0 spiro atoms. The van der Waals surface area contributed by atoms with Crippen LogP contribution >= 0.6 is 0 Å². The topological polar surface area (TPSA) is 102 Å². The van der Waals surface area contributed by atoms with Crippen LogP contribution in [0.4, 0.5) is 11.4 Å². The average Bonchev–Trinajstić information content (AvgIpc) is 2.67. The molecule has 0 aliphatic rings. The van der Waals surface area contributed by atoms with E-state index in [2.05, 4.69) is 10.1 Å². The summed E-state index contributed by atoms with van der Waals surface area (Å²) >= 11 is 0. The zero-order valence-electron chi connectivity index (χ0n) is 16.0. The first-order chi connectivity index (χ1) is 13.2. The van der Waals surface area contributed by atoms with E-state index in [4.69, 9.17) is 4.74 Å². The predicted molar refractivity (Wildman–Crippen MR) is 106 cm³/mol. The second-order valence-electron chi connectivity index (χ2n) is 5.99. The van der Waals surface area contributed by atoms with Crippen molar-refractivity contribution in [1.82, 2.24) is 0 Å². The van der Waals surface area contributed by atoms with E-state index in [0.717, 1.165) is 10.6 Å². The van der Waals surface area contributed by atoms with Gasteiger partial charge in [0, 0.05) is 11.8 Å². The molecule has 0 saturated heterocycles. The van der Waals surface area contributed by atoms with Crippen LogP contribution < -0.4 is 14.4 Å². The van der Waals surface area contributed by atoms with Gasteiger partial charge in [0.2, 0.25) is 15.9 Å². The first-order valence-electron chi connectivity index (χ1n) is 8.30. The van der Waals surface area contributed by atoms with Gasteiger partial charge < -0.3 is 14.8 Å². The van der Waals surface area contributed by atoms with Crippen molar-refractivity contribution < 1.29 is 27.5 Å². The fourth-order valence-electron chi connectivity index (χ4n) is 2.61. The number of nitrogens with zero attached hydrogens (tertiary/aromatic N) is 1. The Labute approximate surface area is 164 Å². The van der Waals surface area contributed by atoms with Crippen LogP contribution in [-0.4, -0.2) is 46.8 Å². The van der Waals surface area contributed by atoms with Crippen LogP contribution in [-0.2, 0) is 19.6 Å². The summed E-state index contributed by atoms with van der Waals surface area (Å²) < 4.78 is 35.4. The molecule has 1 N–H and O–H groups in total. The summed E-state index contributed by atoms with van der Waals surface area (Å²) in [5.41, 5.74) is 1.07. The molecule has 0 aliphatic carbocycles. The Balaban J connectivity index is 2.25. The monoisotopic (exact) mass is 406 g/mol. The summed E-state index contributed by atoms with van der Waals surface area (Å²) in [7, 11) is -0.999. The highest BCUT2D eigenvalue weighted by atomic mass is 32.2. The number of hydrogen-bond acceptors (Lipinski definition) is 6. The minimum Gasteiger partial charge on any atom is -0.497 e. The maximum absolute atomic E-state index is 12.7. The number of sulfonamides is 1. The van der Waals surface area contributed by atoms with E-state index in [0.29, 0.717) is 22.7 Å². The molecule has 0 fully saturated rings. The molecule has 9 heteroatoms. The Morgan fingerprint density at radius 1 is 1.07 bits per heavy atom. The number of carbonyl (C=O) groups excluding carboxylic acids is 2. The molecule has 2 aromatic carbocycles. The van der Waals surface area contributed by atoms with Gasteiger partial charge in [0.1, 0.15) is 11.8 Å². The average molecular weight is 406 g/mol. The standard InChI is InChI=1S/C19H22N2O6S/c1-13(18(22)20-15-10-8-14(9-11-15)19(23)27-3)21(28(4,24)25)16-6-5-7-17(12-16)26-2/h5-13H,1-4H3,(H,20,22). The van der Waals surface area contributed by atoms with Crippen LogP contribution in [0.2, 0.25) is 0 Å².